The van der Waals surface area contributed by atoms with Crippen LogP contribution in [0.3, 0.4) is 0 Å². The molecule has 0 bridgehead atoms. The molecule has 1 aromatic carbocycles. The van der Waals surface area contributed by atoms with Gasteiger partial charge in [-0.15, -0.1) is 0 Å². The van der Waals surface area contributed by atoms with Gasteiger partial charge in [0.1, 0.15) is 5.75 Å². The van der Waals surface area contributed by atoms with E-state index in [-0.39, 0.29) is 0 Å². The molecule has 1 aromatic rings. The summed E-state index contributed by atoms with van der Waals surface area (Å²) in [5.41, 5.74) is 0. The van der Waals surface area contributed by atoms with Crippen molar-refractivity contribution in [2.24, 2.45) is 5.92 Å². The molecule has 1 atom stereocenters. The summed E-state index contributed by atoms with van der Waals surface area (Å²) in [6.07, 6.45) is 2.47. The zero-order valence-corrected chi connectivity index (χ0v) is 11.0. The van der Waals surface area contributed by atoms with Crippen LogP contribution in [0, 0.1) is 9.49 Å². The molecule has 1 nitrogen and oxygen atoms in total. The van der Waals surface area contributed by atoms with Crippen molar-refractivity contribution in [3.8, 4) is 5.75 Å². The third kappa shape index (κ3) is 4.31. The van der Waals surface area contributed by atoms with Gasteiger partial charge < -0.3 is 4.74 Å². The van der Waals surface area contributed by atoms with Crippen molar-refractivity contribution in [3.05, 3.63) is 27.8 Å². The summed E-state index contributed by atoms with van der Waals surface area (Å²) in [4.78, 5) is 0. The van der Waals surface area contributed by atoms with Crippen molar-refractivity contribution < 1.29 is 4.74 Å². The molecule has 0 spiro atoms. The van der Waals surface area contributed by atoms with Crippen LogP contribution in [0.2, 0.25) is 0 Å². The second-order valence-corrected chi connectivity index (χ2v) is 4.91. The van der Waals surface area contributed by atoms with Gasteiger partial charge in [-0.2, -0.15) is 0 Å². The number of ether oxygens (including phenoxy) is 1. The number of hydrogen-bond donors (Lipinski definition) is 0. The summed E-state index contributed by atoms with van der Waals surface area (Å²) in [5, 5.41) is 0. The van der Waals surface area contributed by atoms with Gasteiger partial charge in [0.05, 0.1) is 6.61 Å². The minimum absolute atomic E-state index is 0.651. The van der Waals surface area contributed by atoms with Crippen LogP contribution in [0.15, 0.2) is 24.3 Å². The molecule has 2 heteroatoms. The third-order valence-corrected chi connectivity index (χ3v) is 2.78. The van der Waals surface area contributed by atoms with E-state index >= 15 is 0 Å². The highest BCUT2D eigenvalue weighted by molar-refractivity contribution is 14.1. The maximum atomic E-state index is 5.70. The van der Waals surface area contributed by atoms with Crippen LogP contribution in [0.4, 0.5) is 0 Å². The fourth-order valence-electron chi connectivity index (χ4n) is 1.37. The summed E-state index contributed by atoms with van der Waals surface area (Å²) < 4.78 is 6.92. The van der Waals surface area contributed by atoms with Crippen LogP contribution >= 0.6 is 22.6 Å². The zero-order valence-electron chi connectivity index (χ0n) is 8.79. The van der Waals surface area contributed by atoms with E-state index in [1.54, 1.807) is 0 Å². The molecule has 0 aliphatic rings. The number of rotatable bonds is 5. The molecule has 0 N–H and O–H groups in total. The summed E-state index contributed by atoms with van der Waals surface area (Å²) in [5.74, 6) is 1.64. The summed E-state index contributed by atoms with van der Waals surface area (Å²) in [6.45, 7) is 5.27. The number of halogens is 1. The van der Waals surface area contributed by atoms with E-state index in [4.69, 9.17) is 4.74 Å². The molecule has 0 aliphatic heterocycles. The fraction of sp³-hybridized carbons (Fsp3) is 0.500. The van der Waals surface area contributed by atoms with Crippen molar-refractivity contribution in [1.82, 2.24) is 0 Å². The lowest BCUT2D eigenvalue weighted by molar-refractivity contribution is 0.251. The van der Waals surface area contributed by atoms with Gasteiger partial charge in [0.2, 0.25) is 0 Å². The standard InChI is InChI=1S/C12H17IO/c1-3-5-10(2)9-14-12-7-4-6-11(13)8-12/h4,6-8,10H,3,5,9H2,1-2H3. The first-order valence-electron chi connectivity index (χ1n) is 5.10. The lowest BCUT2D eigenvalue weighted by Gasteiger charge is -2.11. The van der Waals surface area contributed by atoms with Crippen molar-refractivity contribution in [3.63, 3.8) is 0 Å². The second kappa shape index (κ2) is 6.27. The predicted octanol–water partition coefficient (Wildman–Crippen LogP) is 4.11. The Kier molecular flexibility index (Phi) is 5.30. The van der Waals surface area contributed by atoms with Crippen LogP contribution in [-0.4, -0.2) is 6.61 Å². The first-order valence-corrected chi connectivity index (χ1v) is 6.18. The fourth-order valence-corrected chi connectivity index (χ4v) is 1.89. The first-order chi connectivity index (χ1) is 6.72. The second-order valence-electron chi connectivity index (χ2n) is 3.66. The molecule has 0 amide bonds. The Morgan fingerprint density at radius 2 is 2.21 bits per heavy atom. The quantitative estimate of drug-likeness (QED) is 0.744. The molecule has 78 valence electrons. The van der Waals surface area contributed by atoms with E-state index in [2.05, 4.69) is 48.6 Å². The molecule has 0 radical (unpaired) electrons. The van der Waals surface area contributed by atoms with Crippen LogP contribution in [-0.2, 0) is 0 Å². The van der Waals surface area contributed by atoms with Gasteiger partial charge in [0.25, 0.3) is 0 Å². The van der Waals surface area contributed by atoms with E-state index in [1.165, 1.54) is 16.4 Å². The van der Waals surface area contributed by atoms with Gasteiger partial charge in [0, 0.05) is 3.57 Å². The van der Waals surface area contributed by atoms with Crippen LogP contribution in [0.1, 0.15) is 26.7 Å². The number of hydrogen-bond acceptors (Lipinski definition) is 1. The molecule has 0 aliphatic carbocycles. The van der Waals surface area contributed by atoms with E-state index in [1.807, 2.05) is 12.1 Å². The highest BCUT2D eigenvalue weighted by atomic mass is 127. The van der Waals surface area contributed by atoms with E-state index in [0.717, 1.165) is 12.4 Å². The molecule has 1 unspecified atom stereocenters. The molecule has 0 aromatic heterocycles. The molecule has 1 rings (SSSR count). The van der Waals surface area contributed by atoms with E-state index in [0.29, 0.717) is 5.92 Å². The highest BCUT2D eigenvalue weighted by Crippen LogP contribution is 2.16. The van der Waals surface area contributed by atoms with E-state index in [9.17, 15) is 0 Å². The van der Waals surface area contributed by atoms with Crippen molar-refractivity contribution in [1.29, 1.82) is 0 Å². The molecule has 0 saturated heterocycles. The van der Waals surface area contributed by atoms with Gasteiger partial charge in [-0.1, -0.05) is 26.3 Å². The SMILES string of the molecule is CCCC(C)COc1cccc(I)c1. The highest BCUT2D eigenvalue weighted by Gasteiger charge is 2.01. The van der Waals surface area contributed by atoms with Crippen LogP contribution in [0.5, 0.6) is 5.75 Å². The maximum absolute atomic E-state index is 5.70. The Morgan fingerprint density at radius 1 is 1.43 bits per heavy atom. The molecule has 14 heavy (non-hydrogen) atoms. The largest absolute Gasteiger partial charge is 0.493 e. The lowest BCUT2D eigenvalue weighted by Crippen LogP contribution is -2.08. The Morgan fingerprint density at radius 3 is 2.86 bits per heavy atom. The first kappa shape index (κ1) is 11.8. The molecule has 0 heterocycles. The Bertz CT molecular complexity index is 273. The Labute approximate surface area is 100.0 Å². The Hall–Kier alpha value is -0.250. The van der Waals surface area contributed by atoms with Gasteiger partial charge in [-0.25, -0.2) is 0 Å². The minimum atomic E-state index is 0.651. The minimum Gasteiger partial charge on any atom is -0.493 e. The van der Waals surface area contributed by atoms with Crippen molar-refractivity contribution >= 4 is 22.6 Å². The molecule has 0 saturated carbocycles. The zero-order chi connectivity index (χ0) is 10.4. The van der Waals surface area contributed by atoms with Crippen LogP contribution in [0.25, 0.3) is 0 Å². The summed E-state index contributed by atoms with van der Waals surface area (Å²) >= 11 is 2.30. The van der Waals surface area contributed by atoms with Gasteiger partial charge in [0.15, 0.2) is 0 Å². The molecule has 0 fully saturated rings. The normalized spacial score (nSPS) is 12.5. The average Bonchev–Trinajstić information content (AvgIpc) is 2.15. The Balaban J connectivity index is 2.37. The van der Waals surface area contributed by atoms with E-state index < -0.39 is 0 Å². The van der Waals surface area contributed by atoms with Gasteiger partial charge in [-0.05, 0) is 53.1 Å². The van der Waals surface area contributed by atoms with Gasteiger partial charge >= 0.3 is 0 Å². The molecular formula is C12H17IO. The summed E-state index contributed by atoms with van der Waals surface area (Å²) in [6, 6.07) is 8.19. The maximum Gasteiger partial charge on any atom is 0.120 e. The third-order valence-electron chi connectivity index (χ3n) is 2.11. The smallest absolute Gasteiger partial charge is 0.120 e. The summed E-state index contributed by atoms with van der Waals surface area (Å²) in [7, 11) is 0. The lowest BCUT2D eigenvalue weighted by atomic mass is 10.1. The monoisotopic (exact) mass is 304 g/mol. The van der Waals surface area contributed by atoms with Crippen molar-refractivity contribution in [2.75, 3.05) is 6.61 Å². The predicted molar refractivity (Wildman–Crippen MR) is 68.7 cm³/mol. The number of benzene rings is 1. The average molecular weight is 304 g/mol. The van der Waals surface area contributed by atoms with Gasteiger partial charge in [-0.3, -0.25) is 0 Å². The van der Waals surface area contributed by atoms with Crippen molar-refractivity contribution in [2.45, 2.75) is 26.7 Å². The topological polar surface area (TPSA) is 9.23 Å². The van der Waals surface area contributed by atoms with Crippen LogP contribution < -0.4 is 4.74 Å². The molecular weight excluding hydrogens is 287 g/mol.